The number of carbonyl (C=O) groups is 4. The lowest BCUT2D eigenvalue weighted by Gasteiger charge is -2.13. The summed E-state index contributed by atoms with van der Waals surface area (Å²) in [7, 11) is 0. The number of hydrogen-bond donors (Lipinski definition) is 1. The second kappa shape index (κ2) is 10.0. The lowest BCUT2D eigenvalue weighted by molar-refractivity contribution is -0.384. The van der Waals surface area contributed by atoms with Crippen molar-refractivity contribution in [1.29, 1.82) is 0 Å². The monoisotopic (exact) mass is 459 g/mol. The number of unbranched alkanes of at least 4 members (excludes halogenated alkanes) is 1. The molecule has 1 N–H and O–H groups in total. The third kappa shape index (κ3) is 5.09. The summed E-state index contributed by atoms with van der Waals surface area (Å²) in [5.41, 5.74) is 0.325. The zero-order chi connectivity index (χ0) is 23.3. The number of esters is 1. The van der Waals surface area contributed by atoms with Gasteiger partial charge in [-0.15, -0.1) is 0 Å². The molecule has 0 spiro atoms. The fraction of sp³-hybridized carbons (Fsp3) is 0.238. The Kier molecular flexibility index (Phi) is 7.16. The Morgan fingerprint density at radius 3 is 2.34 bits per heavy atom. The molecule has 0 unspecified atom stereocenters. The van der Waals surface area contributed by atoms with E-state index in [0.717, 1.165) is 11.0 Å². The normalized spacial score (nSPS) is 12.5. The van der Waals surface area contributed by atoms with E-state index in [1.54, 1.807) is 24.3 Å². The number of nitrogens with zero attached hydrogens (tertiary/aromatic N) is 2. The number of nitro groups is 1. The number of fused-ring (bicyclic) bond motifs is 1. The third-order valence-corrected chi connectivity index (χ3v) is 5.04. The van der Waals surface area contributed by atoms with Crippen molar-refractivity contribution in [3.05, 3.63) is 74.3 Å². The summed E-state index contributed by atoms with van der Waals surface area (Å²) in [4.78, 5) is 59.7. The minimum Gasteiger partial charge on any atom is -0.464 e. The first kappa shape index (κ1) is 22.9. The van der Waals surface area contributed by atoms with Gasteiger partial charge in [0.15, 0.2) is 0 Å². The lowest BCUT2D eigenvalue weighted by Crippen LogP contribution is -2.31. The fourth-order valence-electron chi connectivity index (χ4n) is 3.10. The molecule has 10 nitrogen and oxygen atoms in total. The molecule has 0 radical (unpaired) electrons. The number of nitro benzene ring substituents is 1. The van der Waals surface area contributed by atoms with E-state index in [1.807, 2.05) is 0 Å². The van der Waals surface area contributed by atoms with Crippen LogP contribution in [0.25, 0.3) is 0 Å². The molecule has 2 aromatic rings. The highest BCUT2D eigenvalue weighted by Crippen LogP contribution is 2.25. The van der Waals surface area contributed by atoms with Crippen LogP contribution in [0.5, 0.6) is 0 Å². The third-order valence-electron chi connectivity index (χ3n) is 4.72. The first-order valence-corrected chi connectivity index (χ1v) is 10.0. The summed E-state index contributed by atoms with van der Waals surface area (Å²) in [6, 6.07) is 10.1. The Morgan fingerprint density at radius 1 is 1.06 bits per heavy atom. The molecule has 0 aromatic heterocycles. The lowest BCUT2D eigenvalue weighted by atomic mass is 10.1. The van der Waals surface area contributed by atoms with E-state index in [-0.39, 0.29) is 35.6 Å². The number of benzene rings is 2. The molecule has 2 aromatic carbocycles. The van der Waals surface area contributed by atoms with Crippen LogP contribution in [0.2, 0.25) is 5.02 Å². The summed E-state index contributed by atoms with van der Waals surface area (Å²) < 4.78 is 5.02. The van der Waals surface area contributed by atoms with Crippen LogP contribution in [-0.2, 0) is 9.53 Å². The van der Waals surface area contributed by atoms with E-state index in [1.165, 1.54) is 12.1 Å². The predicted molar refractivity (Wildman–Crippen MR) is 112 cm³/mol. The van der Waals surface area contributed by atoms with Crippen molar-refractivity contribution in [2.24, 2.45) is 0 Å². The van der Waals surface area contributed by atoms with Gasteiger partial charge in [0.1, 0.15) is 11.6 Å². The van der Waals surface area contributed by atoms with Gasteiger partial charge in [-0.05, 0) is 37.1 Å². The summed E-state index contributed by atoms with van der Waals surface area (Å²) in [5.74, 6) is -2.06. The van der Waals surface area contributed by atoms with Crippen LogP contribution < -0.4 is 5.32 Å². The fourth-order valence-corrected chi connectivity index (χ4v) is 3.29. The Balaban J connectivity index is 1.37. The van der Waals surface area contributed by atoms with Gasteiger partial charge in [-0.3, -0.25) is 34.2 Å². The molecule has 11 heteroatoms. The number of amides is 3. The highest BCUT2D eigenvalue weighted by Gasteiger charge is 2.34. The van der Waals surface area contributed by atoms with Crippen molar-refractivity contribution in [1.82, 2.24) is 10.2 Å². The molecule has 3 amide bonds. The summed E-state index contributed by atoms with van der Waals surface area (Å²) in [6.45, 7) is -0.173. The van der Waals surface area contributed by atoms with E-state index >= 15 is 0 Å². The molecular formula is C21H18ClN3O7. The summed E-state index contributed by atoms with van der Waals surface area (Å²) in [6.07, 6.45) is 0.857. The molecular weight excluding hydrogens is 442 g/mol. The minimum atomic E-state index is -0.713. The van der Waals surface area contributed by atoms with E-state index < -0.39 is 29.0 Å². The van der Waals surface area contributed by atoms with Crippen molar-refractivity contribution in [2.45, 2.75) is 12.8 Å². The summed E-state index contributed by atoms with van der Waals surface area (Å²) >= 11 is 5.70. The number of carbonyl (C=O) groups excluding carboxylic acids is 4. The van der Waals surface area contributed by atoms with E-state index in [2.05, 4.69) is 5.32 Å². The standard InChI is InChI=1S/C21H18ClN3O7/c22-16-8-7-13(11-17(16)25(30)31)19(27)23-12-18(26)32-10-4-3-9-24-20(28)14-5-1-2-6-15(14)21(24)29/h1-2,5-8,11H,3-4,9-10,12H2,(H,23,27). The Labute approximate surface area is 187 Å². The number of nitrogens with one attached hydrogen (secondary N) is 1. The van der Waals surface area contributed by atoms with Crippen LogP contribution in [0.1, 0.15) is 43.9 Å². The Hall–Kier alpha value is -3.79. The number of hydrogen-bond acceptors (Lipinski definition) is 7. The average Bonchev–Trinajstić information content (AvgIpc) is 3.02. The van der Waals surface area contributed by atoms with Gasteiger partial charge < -0.3 is 10.1 Å². The number of ether oxygens (including phenoxy) is 1. The molecule has 1 aliphatic heterocycles. The van der Waals surface area contributed by atoms with E-state index in [0.29, 0.717) is 24.0 Å². The van der Waals surface area contributed by atoms with E-state index in [9.17, 15) is 29.3 Å². The molecule has 0 fully saturated rings. The van der Waals surface area contributed by atoms with Crippen molar-refractivity contribution in [3.8, 4) is 0 Å². The number of halogens is 1. The first-order chi connectivity index (χ1) is 15.3. The van der Waals surface area contributed by atoms with Crippen molar-refractivity contribution >= 4 is 41.0 Å². The molecule has 32 heavy (non-hydrogen) atoms. The molecule has 1 heterocycles. The van der Waals surface area contributed by atoms with Gasteiger partial charge in [0.25, 0.3) is 23.4 Å². The Morgan fingerprint density at radius 2 is 1.72 bits per heavy atom. The van der Waals surface area contributed by atoms with Crippen LogP contribution in [0.3, 0.4) is 0 Å². The van der Waals surface area contributed by atoms with E-state index in [4.69, 9.17) is 16.3 Å². The van der Waals surface area contributed by atoms with Crippen molar-refractivity contribution < 1.29 is 28.8 Å². The van der Waals surface area contributed by atoms with Gasteiger partial charge in [-0.1, -0.05) is 23.7 Å². The zero-order valence-electron chi connectivity index (χ0n) is 16.7. The highest BCUT2D eigenvalue weighted by atomic mass is 35.5. The maximum absolute atomic E-state index is 12.3. The summed E-state index contributed by atoms with van der Waals surface area (Å²) in [5, 5.41) is 13.1. The Bertz CT molecular complexity index is 1070. The molecule has 0 atom stereocenters. The van der Waals surface area contributed by atoms with Gasteiger partial charge in [0, 0.05) is 18.2 Å². The van der Waals surface area contributed by atoms with Crippen LogP contribution in [-0.4, -0.2) is 53.2 Å². The van der Waals surface area contributed by atoms with Crippen LogP contribution >= 0.6 is 11.6 Å². The minimum absolute atomic E-state index is 0.0187. The van der Waals surface area contributed by atoms with Crippen molar-refractivity contribution in [3.63, 3.8) is 0 Å². The van der Waals surface area contributed by atoms with Crippen LogP contribution in [0, 0.1) is 10.1 Å². The number of rotatable bonds is 9. The van der Waals surface area contributed by atoms with Crippen molar-refractivity contribution in [2.75, 3.05) is 19.7 Å². The highest BCUT2D eigenvalue weighted by molar-refractivity contribution is 6.32. The molecule has 0 saturated carbocycles. The molecule has 0 saturated heterocycles. The smallest absolute Gasteiger partial charge is 0.325 e. The maximum Gasteiger partial charge on any atom is 0.325 e. The van der Waals surface area contributed by atoms with Crippen LogP contribution in [0.15, 0.2) is 42.5 Å². The maximum atomic E-state index is 12.3. The van der Waals surface area contributed by atoms with Gasteiger partial charge in [-0.25, -0.2) is 0 Å². The SMILES string of the molecule is O=C(CNC(=O)c1ccc(Cl)c([N+](=O)[O-])c1)OCCCCN1C(=O)c2ccccc2C1=O. The van der Waals surface area contributed by atoms with Crippen LogP contribution in [0.4, 0.5) is 5.69 Å². The quantitative estimate of drug-likeness (QED) is 0.200. The molecule has 1 aliphatic rings. The van der Waals surface area contributed by atoms with Gasteiger partial charge in [0.05, 0.1) is 22.7 Å². The molecule has 0 bridgehead atoms. The molecule has 0 aliphatic carbocycles. The second-order valence-electron chi connectivity index (χ2n) is 6.84. The zero-order valence-corrected chi connectivity index (χ0v) is 17.5. The topological polar surface area (TPSA) is 136 Å². The molecule has 166 valence electrons. The predicted octanol–water partition coefficient (Wildman–Crippen LogP) is 2.60. The van der Waals surface area contributed by atoms with Gasteiger partial charge >= 0.3 is 5.97 Å². The van der Waals surface area contributed by atoms with Gasteiger partial charge in [-0.2, -0.15) is 0 Å². The second-order valence-corrected chi connectivity index (χ2v) is 7.25. The first-order valence-electron chi connectivity index (χ1n) is 9.62. The van der Waals surface area contributed by atoms with Gasteiger partial charge in [0.2, 0.25) is 0 Å². The molecule has 3 rings (SSSR count). The number of imide groups is 1. The average molecular weight is 460 g/mol. The largest absolute Gasteiger partial charge is 0.464 e.